The van der Waals surface area contributed by atoms with Gasteiger partial charge in [0.1, 0.15) is 0 Å². The van der Waals surface area contributed by atoms with Crippen LogP contribution in [0.25, 0.3) is 0 Å². The van der Waals surface area contributed by atoms with E-state index in [0.717, 1.165) is 23.2 Å². The van der Waals surface area contributed by atoms with Gasteiger partial charge in [0.05, 0.1) is 0 Å². The van der Waals surface area contributed by atoms with Gasteiger partial charge >= 0.3 is 0 Å². The van der Waals surface area contributed by atoms with E-state index in [1.54, 1.807) is 0 Å². The topological polar surface area (TPSA) is 0 Å². The molecule has 0 aliphatic heterocycles. The Morgan fingerprint density at radius 1 is 1.11 bits per heavy atom. The highest BCUT2D eigenvalue weighted by Gasteiger charge is 2.62. The van der Waals surface area contributed by atoms with E-state index in [9.17, 15) is 0 Å². The predicted octanol–water partition coefficient (Wildman–Crippen LogP) is 2.69. The summed E-state index contributed by atoms with van der Waals surface area (Å²) in [5.41, 5.74) is 0.778. The van der Waals surface area contributed by atoms with Gasteiger partial charge in [-0.3, -0.25) is 0 Å². The lowest BCUT2D eigenvalue weighted by molar-refractivity contribution is 0.426. The molecule has 2 atom stereocenters. The molecule has 0 heteroatoms. The minimum atomic E-state index is 0.778. The largest absolute Gasteiger partial charge is 0.0617 e. The van der Waals surface area contributed by atoms with Crippen molar-refractivity contribution in [3.05, 3.63) is 0 Å². The summed E-state index contributed by atoms with van der Waals surface area (Å²) in [4.78, 5) is 0. The molecule has 2 aliphatic carbocycles. The van der Waals surface area contributed by atoms with Crippen LogP contribution in [0.1, 0.15) is 33.6 Å². The maximum atomic E-state index is 2.47. The zero-order chi connectivity index (χ0) is 6.65. The van der Waals surface area contributed by atoms with E-state index in [-0.39, 0.29) is 0 Å². The van der Waals surface area contributed by atoms with Crippen LogP contribution in [-0.2, 0) is 0 Å². The highest BCUT2D eigenvalue weighted by molar-refractivity contribution is 5.10. The number of hydrogen-bond donors (Lipinski definition) is 0. The van der Waals surface area contributed by atoms with Crippen molar-refractivity contribution in [3.8, 4) is 0 Å². The molecule has 0 radical (unpaired) electrons. The highest BCUT2D eigenvalue weighted by atomic mass is 14.7. The average Bonchev–Trinajstić information content (AvgIpc) is 2.69. The minimum Gasteiger partial charge on any atom is -0.0617 e. The fourth-order valence-corrected chi connectivity index (χ4v) is 2.47. The van der Waals surface area contributed by atoms with Crippen molar-refractivity contribution in [3.63, 3.8) is 0 Å². The number of hydrogen-bond acceptors (Lipinski definition) is 0. The minimum absolute atomic E-state index is 0.778. The Morgan fingerprint density at radius 2 is 1.56 bits per heavy atom. The first kappa shape index (κ1) is 5.76. The van der Waals surface area contributed by atoms with Crippen molar-refractivity contribution in [2.24, 2.45) is 23.2 Å². The van der Waals surface area contributed by atoms with Crippen LogP contribution in [0.2, 0.25) is 0 Å². The van der Waals surface area contributed by atoms with Gasteiger partial charge in [0.15, 0.2) is 0 Å². The molecular formula is C9H16. The Kier molecular flexibility index (Phi) is 0.868. The van der Waals surface area contributed by atoms with Gasteiger partial charge in [-0.25, -0.2) is 0 Å². The van der Waals surface area contributed by atoms with Crippen LogP contribution >= 0.6 is 0 Å². The summed E-state index contributed by atoms with van der Waals surface area (Å²) in [6, 6.07) is 0. The Labute approximate surface area is 57.6 Å². The Balaban J connectivity index is 2.09. The molecule has 52 valence electrons. The second kappa shape index (κ2) is 1.36. The molecule has 0 saturated heterocycles. The summed E-state index contributed by atoms with van der Waals surface area (Å²) in [6.45, 7) is 7.28. The van der Waals surface area contributed by atoms with E-state index in [0.29, 0.717) is 0 Å². The predicted molar refractivity (Wildman–Crippen MR) is 39.2 cm³/mol. The van der Waals surface area contributed by atoms with Crippen LogP contribution < -0.4 is 0 Å². The summed E-state index contributed by atoms with van der Waals surface area (Å²) in [7, 11) is 0. The third-order valence-electron chi connectivity index (χ3n) is 4.06. The molecule has 2 fully saturated rings. The Morgan fingerprint density at radius 3 is 1.67 bits per heavy atom. The third-order valence-corrected chi connectivity index (χ3v) is 4.06. The van der Waals surface area contributed by atoms with E-state index in [4.69, 9.17) is 0 Å². The van der Waals surface area contributed by atoms with Gasteiger partial charge < -0.3 is 0 Å². The average molecular weight is 124 g/mol. The Hall–Kier alpha value is 0. The SMILES string of the molecule is CC1C(C)C1(C)C1CC1. The monoisotopic (exact) mass is 124 g/mol. The molecular weight excluding hydrogens is 108 g/mol. The lowest BCUT2D eigenvalue weighted by Gasteiger charge is -2.06. The first-order valence-electron chi connectivity index (χ1n) is 4.17. The summed E-state index contributed by atoms with van der Waals surface area (Å²) in [5, 5.41) is 0. The van der Waals surface area contributed by atoms with Crippen molar-refractivity contribution in [1.82, 2.24) is 0 Å². The molecule has 0 aromatic heterocycles. The summed E-state index contributed by atoms with van der Waals surface area (Å²) in [5.74, 6) is 3.15. The molecule has 9 heavy (non-hydrogen) atoms. The zero-order valence-corrected chi connectivity index (χ0v) is 6.65. The second-order valence-electron chi connectivity index (χ2n) is 4.22. The van der Waals surface area contributed by atoms with Gasteiger partial charge in [0, 0.05) is 0 Å². The van der Waals surface area contributed by atoms with Gasteiger partial charge in [-0.2, -0.15) is 0 Å². The molecule has 0 aromatic rings. The van der Waals surface area contributed by atoms with Crippen molar-refractivity contribution in [2.45, 2.75) is 33.6 Å². The quantitative estimate of drug-likeness (QED) is 0.504. The maximum Gasteiger partial charge on any atom is -0.0241 e. The van der Waals surface area contributed by atoms with E-state index >= 15 is 0 Å². The van der Waals surface area contributed by atoms with Crippen LogP contribution in [0.15, 0.2) is 0 Å². The molecule has 0 bridgehead atoms. The van der Waals surface area contributed by atoms with Gasteiger partial charge in [0.25, 0.3) is 0 Å². The molecule has 0 heterocycles. The van der Waals surface area contributed by atoms with Gasteiger partial charge in [-0.15, -0.1) is 0 Å². The lowest BCUT2D eigenvalue weighted by Crippen LogP contribution is -1.99. The fourth-order valence-electron chi connectivity index (χ4n) is 2.47. The van der Waals surface area contributed by atoms with E-state index < -0.39 is 0 Å². The van der Waals surface area contributed by atoms with Crippen molar-refractivity contribution >= 4 is 0 Å². The summed E-state index contributed by atoms with van der Waals surface area (Å²) >= 11 is 0. The number of rotatable bonds is 1. The standard InChI is InChI=1S/C9H16/c1-6-7(2)9(6,3)8-4-5-8/h6-8H,4-5H2,1-3H3. The van der Waals surface area contributed by atoms with Crippen LogP contribution in [-0.4, -0.2) is 0 Å². The molecule has 2 unspecified atom stereocenters. The molecule has 0 spiro atoms. The van der Waals surface area contributed by atoms with E-state index in [1.807, 2.05) is 0 Å². The second-order valence-corrected chi connectivity index (χ2v) is 4.22. The molecule has 0 amide bonds. The molecule has 2 saturated carbocycles. The van der Waals surface area contributed by atoms with Crippen LogP contribution in [0.4, 0.5) is 0 Å². The van der Waals surface area contributed by atoms with Gasteiger partial charge in [-0.05, 0) is 36.0 Å². The van der Waals surface area contributed by atoms with Crippen LogP contribution in [0.5, 0.6) is 0 Å². The van der Waals surface area contributed by atoms with E-state index in [2.05, 4.69) is 20.8 Å². The normalized spacial score (nSPS) is 57.7. The molecule has 2 aliphatic rings. The zero-order valence-electron chi connectivity index (χ0n) is 6.65. The third kappa shape index (κ3) is 0.544. The highest BCUT2D eigenvalue weighted by Crippen LogP contribution is 2.68. The molecule has 0 aromatic carbocycles. The lowest BCUT2D eigenvalue weighted by atomic mass is 9.99. The molecule has 0 N–H and O–H groups in total. The smallest absolute Gasteiger partial charge is 0.0241 e. The van der Waals surface area contributed by atoms with Crippen molar-refractivity contribution in [2.75, 3.05) is 0 Å². The van der Waals surface area contributed by atoms with Gasteiger partial charge in [0.2, 0.25) is 0 Å². The van der Waals surface area contributed by atoms with Crippen LogP contribution in [0, 0.1) is 23.2 Å². The maximum absolute atomic E-state index is 2.47. The summed E-state index contributed by atoms with van der Waals surface area (Å²) in [6.07, 6.45) is 3.04. The fraction of sp³-hybridized carbons (Fsp3) is 1.00. The van der Waals surface area contributed by atoms with Crippen molar-refractivity contribution < 1.29 is 0 Å². The first-order valence-corrected chi connectivity index (χ1v) is 4.17. The van der Waals surface area contributed by atoms with Crippen LogP contribution in [0.3, 0.4) is 0 Å². The molecule has 0 nitrogen and oxygen atoms in total. The van der Waals surface area contributed by atoms with Gasteiger partial charge in [-0.1, -0.05) is 20.8 Å². The van der Waals surface area contributed by atoms with Crippen molar-refractivity contribution in [1.29, 1.82) is 0 Å². The summed E-state index contributed by atoms with van der Waals surface area (Å²) < 4.78 is 0. The first-order chi connectivity index (χ1) is 4.17. The molecule has 2 rings (SSSR count). The van der Waals surface area contributed by atoms with E-state index in [1.165, 1.54) is 12.8 Å². The Bertz CT molecular complexity index is 119.